The van der Waals surface area contributed by atoms with Gasteiger partial charge in [0.05, 0.1) is 6.10 Å². The maximum Gasteiger partial charge on any atom is 0.326 e. The second-order valence-electron chi connectivity index (χ2n) is 3.47. The molecule has 1 amide bonds. The van der Waals surface area contributed by atoms with Crippen LogP contribution in [0.25, 0.3) is 0 Å². The van der Waals surface area contributed by atoms with Crippen LogP contribution >= 0.6 is 12.6 Å². The number of carbonyl (C=O) groups excluding carboxylic acids is 1. The molecular formula is C9H15NO4S. The molecule has 86 valence electrons. The van der Waals surface area contributed by atoms with Crippen LogP contribution in [-0.2, 0) is 14.3 Å². The van der Waals surface area contributed by atoms with Gasteiger partial charge in [-0.2, -0.15) is 12.6 Å². The van der Waals surface area contributed by atoms with Crippen LogP contribution in [-0.4, -0.2) is 53.4 Å². The zero-order chi connectivity index (χ0) is 11.4. The first kappa shape index (κ1) is 12.3. The molecule has 0 aliphatic carbocycles. The highest BCUT2D eigenvalue weighted by Crippen LogP contribution is 2.21. The van der Waals surface area contributed by atoms with Crippen LogP contribution in [0.1, 0.15) is 12.8 Å². The molecule has 0 bridgehead atoms. The van der Waals surface area contributed by atoms with E-state index in [1.807, 2.05) is 0 Å². The lowest BCUT2D eigenvalue weighted by Crippen LogP contribution is -2.40. The second-order valence-corrected chi connectivity index (χ2v) is 3.91. The van der Waals surface area contributed by atoms with E-state index in [1.54, 1.807) is 0 Å². The molecule has 0 radical (unpaired) electrons. The summed E-state index contributed by atoms with van der Waals surface area (Å²) in [5, 5.41) is 8.95. The van der Waals surface area contributed by atoms with Gasteiger partial charge in [-0.25, -0.2) is 4.79 Å². The number of carboxylic acids is 1. The molecule has 0 unspecified atom stereocenters. The van der Waals surface area contributed by atoms with Crippen LogP contribution < -0.4 is 0 Å². The Bertz CT molecular complexity index is 258. The summed E-state index contributed by atoms with van der Waals surface area (Å²) in [5.41, 5.74) is 0. The third kappa shape index (κ3) is 2.85. The second kappa shape index (κ2) is 5.37. The van der Waals surface area contributed by atoms with Crippen LogP contribution in [0.3, 0.4) is 0 Å². The summed E-state index contributed by atoms with van der Waals surface area (Å²) in [4.78, 5) is 23.9. The van der Waals surface area contributed by atoms with Gasteiger partial charge in [-0.05, 0) is 5.75 Å². The number of hydrogen-bond acceptors (Lipinski definition) is 4. The number of aliphatic carboxylic acids is 1. The van der Waals surface area contributed by atoms with Gasteiger partial charge in [-0.3, -0.25) is 4.79 Å². The molecule has 6 heteroatoms. The Labute approximate surface area is 93.8 Å². The third-order valence-electron chi connectivity index (χ3n) is 2.53. The molecule has 1 fully saturated rings. The fourth-order valence-corrected chi connectivity index (χ4v) is 1.91. The van der Waals surface area contributed by atoms with Gasteiger partial charge in [-0.1, -0.05) is 0 Å². The smallest absolute Gasteiger partial charge is 0.326 e. The number of nitrogens with zero attached hydrogens (tertiary/aromatic N) is 1. The van der Waals surface area contributed by atoms with E-state index >= 15 is 0 Å². The van der Waals surface area contributed by atoms with E-state index in [4.69, 9.17) is 9.84 Å². The lowest BCUT2D eigenvalue weighted by molar-refractivity contribution is -0.148. The van der Waals surface area contributed by atoms with E-state index in [1.165, 1.54) is 12.0 Å². The number of carboxylic acid groups (broad SMARTS) is 1. The maximum absolute atomic E-state index is 11.6. The summed E-state index contributed by atoms with van der Waals surface area (Å²) >= 11 is 3.95. The monoisotopic (exact) mass is 233 g/mol. The van der Waals surface area contributed by atoms with Crippen LogP contribution in [0.2, 0.25) is 0 Å². The van der Waals surface area contributed by atoms with Crippen molar-refractivity contribution in [1.82, 2.24) is 4.90 Å². The van der Waals surface area contributed by atoms with E-state index in [0.29, 0.717) is 18.7 Å². The number of likely N-dealkylation sites (tertiary alicyclic amines) is 1. The molecule has 0 aromatic heterocycles. The molecule has 0 aromatic rings. The van der Waals surface area contributed by atoms with Crippen molar-refractivity contribution < 1.29 is 19.4 Å². The van der Waals surface area contributed by atoms with E-state index in [9.17, 15) is 9.59 Å². The Morgan fingerprint density at radius 1 is 1.60 bits per heavy atom. The van der Waals surface area contributed by atoms with E-state index in [0.717, 1.165) is 0 Å². The largest absolute Gasteiger partial charge is 0.480 e. The Morgan fingerprint density at radius 3 is 2.73 bits per heavy atom. The molecule has 1 rings (SSSR count). The van der Waals surface area contributed by atoms with Gasteiger partial charge in [0.2, 0.25) is 5.91 Å². The fraction of sp³-hybridized carbons (Fsp3) is 0.778. The molecule has 1 aliphatic rings. The van der Waals surface area contributed by atoms with Crippen molar-refractivity contribution >= 4 is 24.5 Å². The molecular weight excluding hydrogens is 218 g/mol. The predicted octanol–water partition coefficient (Wildman–Crippen LogP) is 0.00680. The average Bonchev–Trinajstić information content (AvgIpc) is 2.61. The number of ether oxygens (including phenoxy) is 1. The number of amides is 1. The fourth-order valence-electron chi connectivity index (χ4n) is 1.72. The van der Waals surface area contributed by atoms with Crippen LogP contribution in [0.15, 0.2) is 0 Å². The normalized spacial score (nSPS) is 25.6. The van der Waals surface area contributed by atoms with E-state index < -0.39 is 12.0 Å². The summed E-state index contributed by atoms with van der Waals surface area (Å²) in [7, 11) is 1.52. The van der Waals surface area contributed by atoms with Crippen molar-refractivity contribution in [3.05, 3.63) is 0 Å². The van der Waals surface area contributed by atoms with Gasteiger partial charge in [0.1, 0.15) is 6.04 Å². The molecule has 2 atom stereocenters. The predicted molar refractivity (Wildman–Crippen MR) is 57.0 cm³/mol. The summed E-state index contributed by atoms with van der Waals surface area (Å²) in [6.45, 7) is 0.361. The Kier molecular flexibility index (Phi) is 4.41. The standard InChI is InChI=1S/C9H15NO4S/c1-14-6-4-7(9(12)13)10(5-6)8(11)2-3-15/h6-7,15H,2-5H2,1H3,(H,12,13)/t6-,7-/m0/s1. The number of rotatable bonds is 4. The Balaban J connectivity index is 2.68. The van der Waals surface area contributed by atoms with Crippen molar-refractivity contribution in [2.75, 3.05) is 19.4 Å². The molecule has 0 aromatic carbocycles. The first-order chi connectivity index (χ1) is 7.10. The summed E-state index contributed by atoms with van der Waals surface area (Å²) in [6, 6.07) is -0.748. The highest BCUT2D eigenvalue weighted by atomic mass is 32.1. The van der Waals surface area contributed by atoms with Crippen LogP contribution in [0.4, 0.5) is 0 Å². The first-order valence-electron chi connectivity index (χ1n) is 4.76. The molecule has 15 heavy (non-hydrogen) atoms. The van der Waals surface area contributed by atoms with Crippen molar-refractivity contribution in [2.24, 2.45) is 0 Å². The summed E-state index contributed by atoms with van der Waals surface area (Å²) in [6.07, 6.45) is 0.461. The van der Waals surface area contributed by atoms with Crippen molar-refractivity contribution in [2.45, 2.75) is 25.0 Å². The highest BCUT2D eigenvalue weighted by Gasteiger charge is 2.39. The van der Waals surface area contributed by atoms with Gasteiger partial charge in [0, 0.05) is 26.5 Å². The van der Waals surface area contributed by atoms with E-state index in [-0.39, 0.29) is 18.4 Å². The maximum atomic E-state index is 11.6. The molecule has 1 saturated heterocycles. The topological polar surface area (TPSA) is 66.8 Å². The zero-order valence-electron chi connectivity index (χ0n) is 8.55. The molecule has 0 spiro atoms. The number of hydrogen-bond donors (Lipinski definition) is 2. The molecule has 5 nitrogen and oxygen atoms in total. The van der Waals surface area contributed by atoms with E-state index in [2.05, 4.69) is 12.6 Å². The quantitative estimate of drug-likeness (QED) is 0.671. The average molecular weight is 233 g/mol. The van der Waals surface area contributed by atoms with Crippen molar-refractivity contribution in [3.63, 3.8) is 0 Å². The minimum atomic E-state index is -0.970. The summed E-state index contributed by atoms with van der Waals surface area (Å²) < 4.78 is 5.07. The van der Waals surface area contributed by atoms with Gasteiger partial charge in [0.25, 0.3) is 0 Å². The Hall–Kier alpha value is -0.750. The lowest BCUT2D eigenvalue weighted by atomic mass is 10.2. The molecule has 1 heterocycles. The molecule has 1 N–H and O–H groups in total. The van der Waals surface area contributed by atoms with Crippen molar-refractivity contribution in [1.29, 1.82) is 0 Å². The number of thiol groups is 1. The number of methoxy groups -OCH3 is 1. The van der Waals surface area contributed by atoms with Gasteiger partial charge >= 0.3 is 5.97 Å². The van der Waals surface area contributed by atoms with Crippen LogP contribution in [0, 0.1) is 0 Å². The Morgan fingerprint density at radius 2 is 2.27 bits per heavy atom. The van der Waals surface area contributed by atoms with Gasteiger partial charge < -0.3 is 14.7 Å². The number of carbonyl (C=O) groups is 2. The molecule has 1 aliphatic heterocycles. The SMILES string of the molecule is CO[C@H]1C[C@@H](C(=O)O)N(C(=O)CCS)C1. The van der Waals surface area contributed by atoms with Gasteiger partial charge in [-0.15, -0.1) is 0 Å². The minimum Gasteiger partial charge on any atom is -0.480 e. The first-order valence-corrected chi connectivity index (χ1v) is 5.39. The highest BCUT2D eigenvalue weighted by molar-refractivity contribution is 7.80. The molecule has 0 saturated carbocycles. The summed E-state index contributed by atoms with van der Waals surface area (Å²) in [5.74, 6) is -0.710. The minimum absolute atomic E-state index is 0.169. The van der Waals surface area contributed by atoms with Crippen molar-refractivity contribution in [3.8, 4) is 0 Å². The zero-order valence-corrected chi connectivity index (χ0v) is 9.44. The lowest BCUT2D eigenvalue weighted by Gasteiger charge is -2.20. The van der Waals surface area contributed by atoms with Gasteiger partial charge in [0.15, 0.2) is 0 Å². The van der Waals surface area contributed by atoms with Crippen LogP contribution in [0.5, 0.6) is 0 Å². The third-order valence-corrected chi connectivity index (χ3v) is 2.75.